The number of halogens is 1. The van der Waals surface area contributed by atoms with Gasteiger partial charge in [0, 0.05) is 24.8 Å². The van der Waals surface area contributed by atoms with Crippen LogP contribution in [0.3, 0.4) is 0 Å². The zero-order valence-electron chi connectivity index (χ0n) is 15.2. The molecule has 2 aromatic heterocycles. The van der Waals surface area contributed by atoms with Crippen LogP contribution >= 0.6 is 11.6 Å². The zero-order chi connectivity index (χ0) is 18.7. The van der Waals surface area contributed by atoms with Crippen LogP contribution in [-0.2, 0) is 11.8 Å². The van der Waals surface area contributed by atoms with Gasteiger partial charge >= 0.3 is 0 Å². The fourth-order valence-corrected chi connectivity index (χ4v) is 3.47. The Morgan fingerprint density at radius 3 is 2.81 bits per heavy atom. The number of aliphatic hydroxyl groups excluding tert-OH is 1. The number of pyridine rings is 1. The highest BCUT2D eigenvalue weighted by molar-refractivity contribution is 6.35. The molecule has 0 saturated heterocycles. The maximum atomic E-state index is 9.23. The molecule has 0 spiro atoms. The van der Waals surface area contributed by atoms with E-state index in [1.807, 2.05) is 6.07 Å². The van der Waals surface area contributed by atoms with E-state index in [1.54, 1.807) is 6.20 Å². The van der Waals surface area contributed by atoms with Crippen molar-refractivity contribution >= 4 is 22.6 Å². The van der Waals surface area contributed by atoms with Crippen molar-refractivity contribution in [3.63, 3.8) is 0 Å². The maximum Gasteiger partial charge on any atom is 0.183 e. The standard InChI is InChI=1S/C20H25ClN4O/c1-3-20(2,12-22)15-10-13(5-4-8-26)9-14(11-15)16-6-7-23-19-17(16)18(21)24-25-19/h6-7,9-11,26H,3-5,8,12,22H2,1-2H3,(H,23,24,25). The summed E-state index contributed by atoms with van der Waals surface area (Å²) >= 11 is 6.32. The molecule has 0 aliphatic rings. The number of nitrogens with two attached hydrogens (primary N) is 1. The number of aryl methyl sites for hydroxylation is 1. The fourth-order valence-electron chi connectivity index (χ4n) is 3.24. The minimum Gasteiger partial charge on any atom is -0.396 e. The van der Waals surface area contributed by atoms with Crippen LogP contribution < -0.4 is 5.73 Å². The predicted molar refractivity (Wildman–Crippen MR) is 106 cm³/mol. The molecular formula is C20H25ClN4O. The van der Waals surface area contributed by atoms with Crippen molar-refractivity contribution in [2.75, 3.05) is 13.2 Å². The van der Waals surface area contributed by atoms with E-state index in [0.29, 0.717) is 17.3 Å². The van der Waals surface area contributed by atoms with E-state index in [-0.39, 0.29) is 12.0 Å². The number of aromatic amines is 1. The molecule has 26 heavy (non-hydrogen) atoms. The molecule has 5 nitrogen and oxygen atoms in total. The van der Waals surface area contributed by atoms with Gasteiger partial charge in [-0.25, -0.2) is 4.98 Å². The second-order valence-electron chi connectivity index (χ2n) is 6.96. The molecule has 4 N–H and O–H groups in total. The number of aliphatic hydroxyl groups is 1. The van der Waals surface area contributed by atoms with Crippen LogP contribution in [0.2, 0.25) is 5.15 Å². The molecule has 6 heteroatoms. The average Bonchev–Trinajstić information content (AvgIpc) is 3.06. The fraction of sp³-hybridized carbons (Fsp3) is 0.400. The first-order chi connectivity index (χ1) is 12.5. The van der Waals surface area contributed by atoms with Crippen LogP contribution in [0.1, 0.15) is 37.8 Å². The van der Waals surface area contributed by atoms with Gasteiger partial charge in [-0.15, -0.1) is 0 Å². The zero-order valence-corrected chi connectivity index (χ0v) is 16.0. The van der Waals surface area contributed by atoms with Gasteiger partial charge in [-0.2, -0.15) is 5.10 Å². The van der Waals surface area contributed by atoms with E-state index in [9.17, 15) is 5.11 Å². The summed E-state index contributed by atoms with van der Waals surface area (Å²) in [6, 6.07) is 8.52. The Morgan fingerprint density at radius 1 is 1.31 bits per heavy atom. The summed E-state index contributed by atoms with van der Waals surface area (Å²) in [6.45, 7) is 5.10. The molecule has 2 heterocycles. The number of hydrogen-bond donors (Lipinski definition) is 3. The van der Waals surface area contributed by atoms with Gasteiger partial charge in [-0.1, -0.05) is 43.6 Å². The highest BCUT2D eigenvalue weighted by Gasteiger charge is 2.24. The van der Waals surface area contributed by atoms with Crippen LogP contribution in [-0.4, -0.2) is 33.4 Å². The van der Waals surface area contributed by atoms with Crippen LogP contribution in [0.4, 0.5) is 0 Å². The molecule has 1 unspecified atom stereocenters. The smallest absolute Gasteiger partial charge is 0.183 e. The van der Waals surface area contributed by atoms with Crippen molar-refractivity contribution in [2.24, 2.45) is 5.73 Å². The summed E-state index contributed by atoms with van der Waals surface area (Å²) in [6.07, 6.45) is 4.24. The topological polar surface area (TPSA) is 87.8 Å². The Labute approximate surface area is 158 Å². The molecule has 138 valence electrons. The number of benzene rings is 1. The van der Waals surface area contributed by atoms with Gasteiger partial charge < -0.3 is 10.8 Å². The van der Waals surface area contributed by atoms with E-state index in [4.69, 9.17) is 17.3 Å². The minimum atomic E-state index is -0.101. The number of aromatic nitrogens is 3. The first-order valence-corrected chi connectivity index (χ1v) is 9.34. The lowest BCUT2D eigenvalue weighted by Gasteiger charge is -2.28. The van der Waals surface area contributed by atoms with Gasteiger partial charge in [-0.05, 0) is 47.6 Å². The van der Waals surface area contributed by atoms with E-state index in [1.165, 1.54) is 11.1 Å². The first kappa shape index (κ1) is 18.8. The molecule has 1 aromatic carbocycles. The molecule has 0 bridgehead atoms. The third-order valence-corrected chi connectivity index (χ3v) is 5.54. The van der Waals surface area contributed by atoms with Crippen molar-refractivity contribution in [3.05, 3.63) is 46.7 Å². The molecule has 0 aliphatic heterocycles. The average molecular weight is 373 g/mol. The van der Waals surface area contributed by atoms with Gasteiger partial charge in [0.15, 0.2) is 5.65 Å². The van der Waals surface area contributed by atoms with Gasteiger partial charge in [0.25, 0.3) is 0 Å². The number of hydrogen-bond acceptors (Lipinski definition) is 4. The molecule has 1 atom stereocenters. The van der Waals surface area contributed by atoms with Crippen LogP contribution in [0, 0.1) is 0 Å². The number of rotatable bonds is 7. The second-order valence-corrected chi connectivity index (χ2v) is 7.34. The van der Waals surface area contributed by atoms with Crippen molar-refractivity contribution in [3.8, 4) is 11.1 Å². The third-order valence-electron chi connectivity index (χ3n) is 5.27. The lowest BCUT2D eigenvalue weighted by atomic mass is 9.78. The Morgan fingerprint density at radius 2 is 2.12 bits per heavy atom. The normalized spacial score (nSPS) is 13.9. The summed E-state index contributed by atoms with van der Waals surface area (Å²) in [5.74, 6) is 0. The quantitative estimate of drug-likeness (QED) is 0.588. The van der Waals surface area contributed by atoms with Crippen molar-refractivity contribution in [2.45, 2.75) is 38.5 Å². The lowest BCUT2D eigenvalue weighted by molar-refractivity contribution is 0.288. The van der Waals surface area contributed by atoms with E-state index >= 15 is 0 Å². The van der Waals surface area contributed by atoms with Crippen LogP contribution in [0.15, 0.2) is 30.5 Å². The molecule has 0 aliphatic carbocycles. The second kappa shape index (κ2) is 7.74. The van der Waals surface area contributed by atoms with Gasteiger partial charge in [0.2, 0.25) is 0 Å². The maximum absolute atomic E-state index is 9.23. The summed E-state index contributed by atoms with van der Waals surface area (Å²) in [5.41, 5.74) is 11.1. The Hall–Kier alpha value is -1.95. The SMILES string of the molecule is CCC(C)(CN)c1cc(CCCO)cc(-c2ccnc3n[nH]c(Cl)c23)c1. The third kappa shape index (κ3) is 3.47. The summed E-state index contributed by atoms with van der Waals surface area (Å²) < 4.78 is 0. The van der Waals surface area contributed by atoms with Crippen molar-refractivity contribution in [1.82, 2.24) is 15.2 Å². The van der Waals surface area contributed by atoms with Crippen LogP contribution in [0.25, 0.3) is 22.2 Å². The first-order valence-electron chi connectivity index (χ1n) is 8.96. The molecule has 0 saturated carbocycles. The molecule has 0 amide bonds. The molecule has 0 radical (unpaired) electrons. The molecule has 0 fully saturated rings. The predicted octanol–water partition coefficient (Wildman–Crippen LogP) is 3.83. The van der Waals surface area contributed by atoms with E-state index in [0.717, 1.165) is 35.8 Å². The monoisotopic (exact) mass is 372 g/mol. The highest BCUT2D eigenvalue weighted by atomic mass is 35.5. The Balaban J connectivity index is 2.21. The van der Waals surface area contributed by atoms with E-state index in [2.05, 4.69) is 47.2 Å². The number of fused-ring (bicyclic) bond motifs is 1. The number of nitrogens with one attached hydrogen (secondary N) is 1. The largest absolute Gasteiger partial charge is 0.396 e. The molecule has 3 rings (SSSR count). The molecular weight excluding hydrogens is 348 g/mol. The number of nitrogens with zero attached hydrogens (tertiary/aromatic N) is 2. The summed E-state index contributed by atoms with van der Waals surface area (Å²) in [5, 5.41) is 17.5. The van der Waals surface area contributed by atoms with Gasteiger partial charge in [0.1, 0.15) is 5.15 Å². The Kier molecular flexibility index (Phi) is 5.61. The minimum absolute atomic E-state index is 0.101. The van der Waals surface area contributed by atoms with Crippen molar-refractivity contribution in [1.29, 1.82) is 0 Å². The van der Waals surface area contributed by atoms with Gasteiger partial charge in [-0.3, -0.25) is 5.10 Å². The highest BCUT2D eigenvalue weighted by Crippen LogP contribution is 2.36. The van der Waals surface area contributed by atoms with Crippen molar-refractivity contribution < 1.29 is 5.11 Å². The molecule has 3 aromatic rings. The number of H-pyrrole nitrogens is 1. The Bertz CT molecular complexity index is 902. The van der Waals surface area contributed by atoms with Crippen LogP contribution in [0.5, 0.6) is 0 Å². The van der Waals surface area contributed by atoms with E-state index < -0.39 is 0 Å². The summed E-state index contributed by atoms with van der Waals surface area (Å²) in [7, 11) is 0. The van der Waals surface area contributed by atoms with Gasteiger partial charge in [0.05, 0.1) is 5.39 Å². The lowest BCUT2D eigenvalue weighted by Crippen LogP contribution is -2.31. The summed E-state index contributed by atoms with van der Waals surface area (Å²) in [4.78, 5) is 4.28.